The molecule has 0 saturated carbocycles. The predicted octanol–water partition coefficient (Wildman–Crippen LogP) is -1.06. The molecule has 0 spiro atoms. The van der Waals surface area contributed by atoms with Crippen LogP contribution in [0.25, 0.3) is 11.2 Å². The van der Waals surface area contributed by atoms with Gasteiger partial charge in [0.2, 0.25) is 10.0 Å². The highest BCUT2D eigenvalue weighted by Crippen LogP contribution is 2.24. The molecule has 1 aliphatic heterocycles. The number of nitrogens with zero attached hydrogens (tertiary/aromatic N) is 5. The smallest absolute Gasteiger partial charge is 0.332 e. The first-order chi connectivity index (χ1) is 17.5. The van der Waals surface area contributed by atoms with Gasteiger partial charge < -0.3 is 19.4 Å². The molecule has 1 saturated heterocycles. The van der Waals surface area contributed by atoms with Crippen molar-refractivity contribution in [3.8, 4) is 0 Å². The van der Waals surface area contributed by atoms with Crippen LogP contribution < -0.4 is 16.6 Å². The highest BCUT2D eigenvalue weighted by molar-refractivity contribution is 7.89. The van der Waals surface area contributed by atoms with Crippen molar-refractivity contribution in [3.63, 3.8) is 0 Å². The second-order valence-corrected chi connectivity index (χ2v) is 10.4. The molecule has 0 unspecified atom stereocenters. The van der Waals surface area contributed by atoms with Crippen molar-refractivity contribution in [1.29, 1.82) is 0 Å². The van der Waals surface area contributed by atoms with Crippen molar-refractivity contribution in [2.75, 3.05) is 38.2 Å². The fourth-order valence-electron chi connectivity index (χ4n) is 3.93. The van der Waals surface area contributed by atoms with Gasteiger partial charge in [-0.3, -0.25) is 23.5 Å². The van der Waals surface area contributed by atoms with Gasteiger partial charge in [0.25, 0.3) is 11.5 Å². The van der Waals surface area contributed by atoms with E-state index in [4.69, 9.17) is 9.47 Å². The van der Waals surface area contributed by atoms with Gasteiger partial charge in [0, 0.05) is 32.9 Å². The Balaban J connectivity index is 1.41. The molecule has 1 N–H and O–H groups in total. The summed E-state index contributed by atoms with van der Waals surface area (Å²) in [5.41, 5.74) is -0.279. The number of hydrogen-bond donors (Lipinski definition) is 1. The number of aryl methyl sites for hydroxylation is 2. The molecule has 14 nitrogen and oxygen atoms in total. The third-order valence-corrected chi connectivity index (χ3v) is 7.98. The van der Waals surface area contributed by atoms with Crippen LogP contribution in [-0.4, -0.2) is 76.2 Å². The van der Waals surface area contributed by atoms with E-state index >= 15 is 0 Å². The molecule has 0 radical (unpaired) electrons. The lowest BCUT2D eigenvalue weighted by Gasteiger charge is -2.26. The Hall–Kier alpha value is -3.82. The molecule has 4 rings (SSSR count). The second-order valence-electron chi connectivity index (χ2n) is 8.46. The van der Waals surface area contributed by atoms with Gasteiger partial charge in [-0.2, -0.15) is 4.31 Å². The minimum atomic E-state index is -3.78. The summed E-state index contributed by atoms with van der Waals surface area (Å²) >= 11 is 0. The maximum Gasteiger partial charge on any atom is 0.332 e. The number of morpholine rings is 1. The number of rotatable bonds is 7. The van der Waals surface area contributed by atoms with Gasteiger partial charge in [-0.05, 0) is 24.6 Å². The fourth-order valence-corrected chi connectivity index (χ4v) is 5.59. The summed E-state index contributed by atoms with van der Waals surface area (Å²) in [5, 5.41) is 2.52. The Morgan fingerprint density at radius 3 is 2.54 bits per heavy atom. The molecular formula is C22H26N6O8S. The average Bonchev–Trinajstić information content (AvgIpc) is 3.30. The van der Waals surface area contributed by atoms with E-state index in [1.165, 1.54) is 39.9 Å². The number of benzene rings is 1. The van der Waals surface area contributed by atoms with E-state index in [1.807, 2.05) is 0 Å². The SMILES string of the molecule is Cc1ccc(NC(=O)COC(=O)Cn2cnc3c2c(=O)n(C)c(=O)n3C)cc1S(=O)(=O)N1CCOCC1. The third-order valence-electron chi connectivity index (χ3n) is 5.94. The number of amides is 1. The number of sulfonamides is 1. The number of fused-ring (bicyclic) bond motifs is 1. The number of imidazole rings is 1. The molecular weight excluding hydrogens is 508 g/mol. The molecule has 37 heavy (non-hydrogen) atoms. The lowest BCUT2D eigenvalue weighted by atomic mass is 10.2. The number of nitrogens with one attached hydrogen (secondary N) is 1. The van der Waals surface area contributed by atoms with Gasteiger partial charge in [0.05, 0.1) is 24.4 Å². The van der Waals surface area contributed by atoms with Crippen LogP contribution in [0.5, 0.6) is 0 Å². The summed E-state index contributed by atoms with van der Waals surface area (Å²) in [7, 11) is -1.01. The van der Waals surface area contributed by atoms with Gasteiger partial charge >= 0.3 is 11.7 Å². The van der Waals surface area contributed by atoms with Crippen molar-refractivity contribution in [1.82, 2.24) is 23.0 Å². The zero-order chi connectivity index (χ0) is 26.9. The number of carbonyl (C=O) groups is 2. The molecule has 3 aromatic rings. The zero-order valence-corrected chi connectivity index (χ0v) is 21.3. The second kappa shape index (κ2) is 10.3. The van der Waals surface area contributed by atoms with Gasteiger partial charge in [0.1, 0.15) is 6.54 Å². The average molecular weight is 535 g/mol. The Morgan fingerprint density at radius 1 is 1.14 bits per heavy atom. The maximum atomic E-state index is 13.0. The molecule has 0 bridgehead atoms. The molecule has 15 heteroatoms. The fraction of sp³-hybridized carbons (Fsp3) is 0.409. The summed E-state index contributed by atoms with van der Waals surface area (Å²) in [6.07, 6.45) is 1.23. The highest BCUT2D eigenvalue weighted by Gasteiger charge is 2.28. The number of anilines is 1. The lowest BCUT2D eigenvalue weighted by molar-refractivity contribution is -0.147. The van der Waals surface area contributed by atoms with Gasteiger partial charge in [-0.15, -0.1) is 0 Å². The minimum Gasteiger partial charge on any atom is -0.454 e. The Kier molecular flexibility index (Phi) is 7.29. The monoisotopic (exact) mass is 534 g/mol. The standard InChI is InChI=1S/C22H26N6O8S/c1-14-4-5-15(10-16(14)37(33,34)28-6-8-35-9-7-28)24-17(29)12-36-18(30)11-27-13-23-20-19(27)21(31)26(3)22(32)25(20)2/h4-5,10,13H,6-9,11-12H2,1-3H3,(H,24,29). The van der Waals surface area contributed by atoms with Crippen molar-refractivity contribution >= 4 is 38.8 Å². The van der Waals surface area contributed by atoms with E-state index in [0.29, 0.717) is 18.8 Å². The van der Waals surface area contributed by atoms with Crippen LogP contribution in [-0.2, 0) is 49.7 Å². The summed E-state index contributed by atoms with van der Waals surface area (Å²) in [6, 6.07) is 4.48. The number of hydrogen-bond acceptors (Lipinski definition) is 9. The van der Waals surface area contributed by atoms with Crippen LogP contribution in [0.1, 0.15) is 5.56 Å². The molecule has 1 amide bonds. The van der Waals surface area contributed by atoms with Crippen molar-refractivity contribution in [2.45, 2.75) is 18.4 Å². The molecule has 1 aliphatic rings. The summed E-state index contributed by atoms with van der Waals surface area (Å²) in [4.78, 5) is 53.3. The summed E-state index contributed by atoms with van der Waals surface area (Å²) < 4.78 is 40.9. The van der Waals surface area contributed by atoms with Crippen LogP contribution in [0, 0.1) is 6.92 Å². The largest absolute Gasteiger partial charge is 0.454 e. The molecule has 1 aromatic carbocycles. The Labute approximate surface area is 211 Å². The molecule has 0 atom stereocenters. The first kappa shape index (κ1) is 26.2. The van der Waals surface area contributed by atoms with Crippen LogP contribution in [0.2, 0.25) is 0 Å². The lowest BCUT2D eigenvalue weighted by Crippen LogP contribution is -2.40. The third kappa shape index (κ3) is 5.19. The number of ether oxygens (including phenoxy) is 2. The van der Waals surface area contributed by atoms with Gasteiger partial charge in [-0.25, -0.2) is 18.2 Å². The van der Waals surface area contributed by atoms with Gasteiger partial charge in [-0.1, -0.05) is 6.07 Å². The van der Waals surface area contributed by atoms with Crippen molar-refractivity contribution in [3.05, 3.63) is 50.9 Å². The molecule has 1 fully saturated rings. The maximum absolute atomic E-state index is 13.0. The Bertz CT molecular complexity index is 1600. The van der Waals surface area contributed by atoms with E-state index in [9.17, 15) is 27.6 Å². The number of esters is 1. The Morgan fingerprint density at radius 2 is 1.84 bits per heavy atom. The summed E-state index contributed by atoms with van der Waals surface area (Å²) in [5.74, 6) is -1.49. The van der Waals surface area contributed by atoms with E-state index in [1.54, 1.807) is 19.1 Å². The van der Waals surface area contributed by atoms with Crippen molar-refractivity contribution in [2.24, 2.45) is 14.1 Å². The predicted molar refractivity (Wildman–Crippen MR) is 131 cm³/mol. The van der Waals surface area contributed by atoms with Crippen molar-refractivity contribution < 1.29 is 27.5 Å². The van der Waals surface area contributed by atoms with Crippen LogP contribution >= 0.6 is 0 Å². The van der Waals surface area contributed by atoms with E-state index in [-0.39, 0.29) is 34.8 Å². The topological polar surface area (TPSA) is 164 Å². The normalized spacial score (nSPS) is 14.6. The van der Waals surface area contributed by atoms with E-state index in [2.05, 4.69) is 10.3 Å². The van der Waals surface area contributed by atoms with Gasteiger partial charge in [0.15, 0.2) is 17.8 Å². The minimum absolute atomic E-state index is 0.0414. The zero-order valence-electron chi connectivity index (χ0n) is 20.5. The molecule has 2 aromatic heterocycles. The van der Waals surface area contributed by atoms with E-state index < -0.39 is 46.3 Å². The van der Waals surface area contributed by atoms with Crippen LogP contribution in [0.4, 0.5) is 5.69 Å². The van der Waals surface area contributed by atoms with Crippen LogP contribution in [0.3, 0.4) is 0 Å². The highest BCUT2D eigenvalue weighted by atomic mass is 32.2. The first-order valence-corrected chi connectivity index (χ1v) is 12.7. The molecule has 3 heterocycles. The van der Waals surface area contributed by atoms with Crippen LogP contribution in [0.15, 0.2) is 39.0 Å². The quantitative estimate of drug-likeness (QED) is 0.372. The first-order valence-electron chi connectivity index (χ1n) is 11.3. The number of carbonyl (C=O) groups excluding carboxylic acids is 2. The van der Waals surface area contributed by atoms with E-state index in [0.717, 1.165) is 4.57 Å². The molecule has 0 aliphatic carbocycles. The molecule has 198 valence electrons. The number of aromatic nitrogens is 4. The summed E-state index contributed by atoms with van der Waals surface area (Å²) in [6.45, 7) is 1.70.